The number of ether oxygens (including phenoxy) is 2. The predicted octanol–water partition coefficient (Wildman–Crippen LogP) is 0.00630. The van der Waals surface area contributed by atoms with Crippen LogP contribution in [0.2, 0.25) is 0 Å². The van der Waals surface area contributed by atoms with E-state index in [9.17, 15) is 4.79 Å². The zero-order valence-corrected chi connectivity index (χ0v) is 7.76. The zero-order valence-electron chi connectivity index (χ0n) is 7.76. The van der Waals surface area contributed by atoms with Gasteiger partial charge in [0.1, 0.15) is 6.73 Å². The van der Waals surface area contributed by atoms with E-state index in [-0.39, 0.29) is 18.5 Å². The summed E-state index contributed by atoms with van der Waals surface area (Å²) in [6.45, 7) is 1.61. The van der Waals surface area contributed by atoms with E-state index in [0.29, 0.717) is 6.61 Å². The van der Waals surface area contributed by atoms with Crippen LogP contribution in [0.5, 0.6) is 0 Å². The molecule has 5 nitrogen and oxygen atoms in total. The maximum Gasteiger partial charge on any atom is 0.349 e. The Morgan fingerprint density at radius 2 is 2.64 bits per heavy atom. The van der Waals surface area contributed by atoms with E-state index in [1.54, 1.807) is 12.3 Å². The van der Waals surface area contributed by atoms with Crippen LogP contribution in [0.3, 0.4) is 0 Å². The lowest BCUT2D eigenvalue weighted by Gasteiger charge is -2.10. The molecular weight excluding hydrogens is 184 g/mol. The molecule has 5 heteroatoms. The molecule has 0 radical (unpaired) electrons. The molecule has 1 saturated heterocycles. The van der Waals surface area contributed by atoms with Gasteiger partial charge in [0, 0.05) is 19.0 Å². The minimum absolute atomic E-state index is 0.113. The normalized spacial score (nSPS) is 21.3. The molecule has 1 unspecified atom stereocenters. The molecule has 2 heterocycles. The SMILES string of the molecule is O=c1ncccn1COC1CCOC1. The fraction of sp³-hybridized carbons (Fsp3) is 0.556. The molecule has 0 aliphatic carbocycles. The molecule has 1 aliphatic rings. The van der Waals surface area contributed by atoms with Crippen molar-refractivity contribution in [1.29, 1.82) is 0 Å². The van der Waals surface area contributed by atoms with Crippen molar-refractivity contribution in [2.45, 2.75) is 19.3 Å². The molecule has 0 amide bonds. The molecular formula is C9H12N2O3. The van der Waals surface area contributed by atoms with Crippen molar-refractivity contribution in [3.05, 3.63) is 28.9 Å². The molecule has 0 N–H and O–H groups in total. The Kier molecular flexibility index (Phi) is 2.90. The molecule has 1 aromatic heterocycles. The standard InChI is InChI=1S/C9H12N2O3/c12-9-10-3-1-4-11(9)7-14-8-2-5-13-6-8/h1,3-4,8H,2,5-7H2. The van der Waals surface area contributed by atoms with Gasteiger partial charge >= 0.3 is 5.69 Å². The molecule has 1 fully saturated rings. The Balaban J connectivity index is 1.91. The van der Waals surface area contributed by atoms with Gasteiger partial charge in [-0.15, -0.1) is 0 Å². The summed E-state index contributed by atoms with van der Waals surface area (Å²) in [7, 11) is 0. The second-order valence-electron chi connectivity index (χ2n) is 3.15. The van der Waals surface area contributed by atoms with E-state index in [1.165, 1.54) is 10.8 Å². The fourth-order valence-corrected chi connectivity index (χ4v) is 1.32. The highest BCUT2D eigenvalue weighted by molar-refractivity contribution is 4.80. The molecule has 1 aromatic rings. The van der Waals surface area contributed by atoms with Gasteiger partial charge in [0.15, 0.2) is 0 Å². The summed E-state index contributed by atoms with van der Waals surface area (Å²) in [4.78, 5) is 14.8. The summed E-state index contributed by atoms with van der Waals surface area (Å²) in [6.07, 6.45) is 4.14. The number of hydrogen-bond acceptors (Lipinski definition) is 4. The second kappa shape index (κ2) is 4.34. The average molecular weight is 196 g/mol. The minimum Gasteiger partial charge on any atom is -0.379 e. The van der Waals surface area contributed by atoms with Crippen molar-refractivity contribution in [1.82, 2.24) is 9.55 Å². The number of rotatable bonds is 3. The monoisotopic (exact) mass is 196 g/mol. The Hall–Kier alpha value is -1.20. The maximum absolute atomic E-state index is 11.2. The first-order valence-electron chi connectivity index (χ1n) is 4.57. The van der Waals surface area contributed by atoms with Crippen molar-refractivity contribution in [2.24, 2.45) is 0 Å². The summed E-state index contributed by atoms with van der Waals surface area (Å²) in [5, 5.41) is 0. The Labute approximate surface area is 81.3 Å². The van der Waals surface area contributed by atoms with Gasteiger partial charge in [-0.05, 0) is 12.5 Å². The topological polar surface area (TPSA) is 53.4 Å². The van der Waals surface area contributed by atoms with Crippen LogP contribution in [0.4, 0.5) is 0 Å². The van der Waals surface area contributed by atoms with Crippen LogP contribution in [0.15, 0.2) is 23.3 Å². The van der Waals surface area contributed by atoms with Gasteiger partial charge in [-0.1, -0.05) is 0 Å². The first kappa shape index (κ1) is 9.36. The highest BCUT2D eigenvalue weighted by Gasteiger charge is 2.15. The van der Waals surface area contributed by atoms with Crippen LogP contribution < -0.4 is 5.69 Å². The van der Waals surface area contributed by atoms with Gasteiger partial charge < -0.3 is 9.47 Å². The summed E-state index contributed by atoms with van der Waals surface area (Å²) in [5.41, 5.74) is -0.286. The maximum atomic E-state index is 11.2. The van der Waals surface area contributed by atoms with Crippen LogP contribution in [-0.4, -0.2) is 28.9 Å². The summed E-state index contributed by atoms with van der Waals surface area (Å²) in [6, 6.07) is 1.70. The quantitative estimate of drug-likeness (QED) is 0.683. The van der Waals surface area contributed by atoms with E-state index >= 15 is 0 Å². The number of hydrogen-bond donors (Lipinski definition) is 0. The zero-order chi connectivity index (χ0) is 9.80. The van der Waals surface area contributed by atoms with Crippen LogP contribution >= 0.6 is 0 Å². The number of nitrogens with zero attached hydrogens (tertiary/aromatic N) is 2. The molecule has 76 valence electrons. The third-order valence-corrected chi connectivity index (χ3v) is 2.12. The van der Waals surface area contributed by atoms with Gasteiger partial charge in [-0.25, -0.2) is 9.78 Å². The Bertz CT molecular complexity index is 344. The molecule has 0 aromatic carbocycles. The molecule has 1 atom stereocenters. The predicted molar refractivity (Wildman–Crippen MR) is 48.8 cm³/mol. The lowest BCUT2D eigenvalue weighted by Crippen LogP contribution is -2.25. The van der Waals surface area contributed by atoms with Gasteiger partial charge in [-0.2, -0.15) is 0 Å². The van der Waals surface area contributed by atoms with Crippen LogP contribution in [-0.2, 0) is 16.2 Å². The smallest absolute Gasteiger partial charge is 0.349 e. The van der Waals surface area contributed by atoms with Crippen molar-refractivity contribution in [2.75, 3.05) is 13.2 Å². The molecule has 0 saturated carbocycles. The Morgan fingerprint density at radius 3 is 3.36 bits per heavy atom. The molecule has 0 bridgehead atoms. The van der Waals surface area contributed by atoms with E-state index in [2.05, 4.69) is 4.98 Å². The van der Waals surface area contributed by atoms with E-state index < -0.39 is 0 Å². The van der Waals surface area contributed by atoms with Crippen molar-refractivity contribution >= 4 is 0 Å². The third-order valence-electron chi connectivity index (χ3n) is 2.12. The summed E-state index contributed by atoms with van der Waals surface area (Å²) < 4.78 is 12.0. The highest BCUT2D eigenvalue weighted by Crippen LogP contribution is 2.07. The molecule has 2 rings (SSSR count). The van der Waals surface area contributed by atoms with Crippen LogP contribution in [0.25, 0.3) is 0 Å². The second-order valence-corrected chi connectivity index (χ2v) is 3.15. The van der Waals surface area contributed by atoms with E-state index in [4.69, 9.17) is 9.47 Å². The van der Waals surface area contributed by atoms with Crippen LogP contribution in [0.1, 0.15) is 6.42 Å². The van der Waals surface area contributed by atoms with Gasteiger partial charge in [-0.3, -0.25) is 4.57 Å². The van der Waals surface area contributed by atoms with Crippen molar-refractivity contribution < 1.29 is 9.47 Å². The molecule has 1 aliphatic heterocycles. The average Bonchev–Trinajstić information content (AvgIpc) is 2.69. The summed E-state index contributed by atoms with van der Waals surface area (Å²) in [5.74, 6) is 0. The van der Waals surface area contributed by atoms with Gasteiger partial charge in [0.2, 0.25) is 0 Å². The fourth-order valence-electron chi connectivity index (χ4n) is 1.32. The first-order chi connectivity index (χ1) is 6.86. The van der Waals surface area contributed by atoms with E-state index in [0.717, 1.165) is 13.0 Å². The lowest BCUT2D eigenvalue weighted by atomic mass is 10.3. The van der Waals surface area contributed by atoms with Gasteiger partial charge in [0.25, 0.3) is 0 Å². The lowest BCUT2D eigenvalue weighted by molar-refractivity contribution is -0.000116. The van der Waals surface area contributed by atoms with E-state index in [1.807, 2.05) is 0 Å². The van der Waals surface area contributed by atoms with Crippen molar-refractivity contribution in [3.63, 3.8) is 0 Å². The minimum atomic E-state index is -0.286. The highest BCUT2D eigenvalue weighted by atomic mass is 16.5. The largest absolute Gasteiger partial charge is 0.379 e. The Morgan fingerprint density at radius 1 is 1.71 bits per heavy atom. The van der Waals surface area contributed by atoms with Crippen molar-refractivity contribution in [3.8, 4) is 0 Å². The molecule has 0 spiro atoms. The summed E-state index contributed by atoms with van der Waals surface area (Å²) >= 11 is 0. The molecule has 14 heavy (non-hydrogen) atoms. The number of aromatic nitrogens is 2. The first-order valence-corrected chi connectivity index (χ1v) is 4.57. The third kappa shape index (κ3) is 2.18. The van der Waals surface area contributed by atoms with Crippen LogP contribution in [0, 0.1) is 0 Å². The van der Waals surface area contributed by atoms with Gasteiger partial charge in [0.05, 0.1) is 12.7 Å².